The summed E-state index contributed by atoms with van der Waals surface area (Å²) in [5.41, 5.74) is 15.3. The summed E-state index contributed by atoms with van der Waals surface area (Å²) in [6, 6.07) is 9.31. The van der Waals surface area contributed by atoms with Crippen LogP contribution in [-0.4, -0.2) is 19.9 Å². The third-order valence-electron chi connectivity index (χ3n) is 11.2. The van der Waals surface area contributed by atoms with Crippen molar-refractivity contribution in [3.05, 3.63) is 69.3 Å². The molecule has 4 nitrogen and oxygen atoms in total. The van der Waals surface area contributed by atoms with E-state index in [2.05, 4.69) is 169 Å². The number of nitrogens with zero attached hydrogens (tertiary/aromatic N) is 2. The van der Waals surface area contributed by atoms with Gasteiger partial charge in [0.15, 0.2) is 0 Å². The highest BCUT2D eigenvalue weighted by Crippen LogP contribution is 2.36. The molecule has 2 N–H and O–H groups in total. The lowest BCUT2D eigenvalue weighted by Crippen LogP contribution is -2.14. The Balaban J connectivity index is 1.86. The molecule has 0 spiro atoms. The average Bonchev–Trinajstić information content (AvgIpc) is 3.84. The summed E-state index contributed by atoms with van der Waals surface area (Å²) in [6.45, 7) is 38.0. The number of rotatable bonds is 12. The van der Waals surface area contributed by atoms with E-state index >= 15 is 0 Å². The fourth-order valence-electron chi connectivity index (χ4n) is 10.2. The van der Waals surface area contributed by atoms with E-state index in [1.807, 2.05) is 0 Å². The third kappa shape index (κ3) is 12.3. The molecule has 0 fully saturated rings. The molecular weight excluding hydrogens is 681 g/mol. The van der Waals surface area contributed by atoms with Crippen LogP contribution < -0.4 is 0 Å². The highest BCUT2D eigenvalue weighted by Gasteiger charge is 2.24. The summed E-state index contributed by atoms with van der Waals surface area (Å²) in [6.07, 6.45) is 17.6. The van der Waals surface area contributed by atoms with Crippen molar-refractivity contribution >= 4 is 46.4 Å². The number of aromatic amines is 2. The smallest absolute Gasteiger partial charge is 0.0691 e. The van der Waals surface area contributed by atoms with Gasteiger partial charge in [-0.05, 0) is 151 Å². The molecule has 0 aliphatic carbocycles. The van der Waals surface area contributed by atoms with Crippen molar-refractivity contribution < 1.29 is 0 Å². The molecule has 4 heteroatoms. The standard InChI is InChI=1S/C52H78N4/c1-33(29-49(5,6)7)25-37-41-17-19-43(53-41)38(26-34(2)30-50(8,9)10)45-21-23-47(55-45)40(28-36(4)32-52(14,15)16)48-24-22-46(56-48)39(44-20-18-42(37)54-44)27-35(3)31-51(11,12)13/h17-24,33-36,53-54H,25-32H2,1-16H3. The van der Waals surface area contributed by atoms with Gasteiger partial charge in [-0.3, -0.25) is 0 Å². The minimum Gasteiger partial charge on any atom is -0.355 e. The number of hydrogen-bond donors (Lipinski definition) is 2. The summed E-state index contributed by atoms with van der Waals surface area (Å²) >= 11 is 0. The third-order valence-corrected chi connectivity index (χ3v) is 11.2. The van der Waals surface area contributed by atoms with E-state index < -0.39 is 0 Å². The molecular formula is C52H78N4. The topological polar surface area (TPSA) is 57.4 Å². The van der Waals surface area contributed by atoms with Gasteiger partial charge in [0.05, 0.1) is 22.8 Å². The van der Waals surface area contributed by atoms with Crippen LogP contribution in [0.1, 0.15) is 181 Å². The maximum Gasteiger partial charge on any atom is 0.0691 e. The lowest BCUT2D eigenvalue weighted by molar-refractivity contribution is 0.305. The molecule has 8 bridgehead atoms. The highest BCUT2D eigenvalue weighted by atomic mass is 14.8. The van der Waals surface area contributed by atoms with E-state index in [0.29, 0.717) is 23.7 Å². The first-order valence-corrected chi connectivity index (χ1v) is 21.9. The number of fused-ring (bicyclic) bond motifs is 8. The predicted octanol–water partition coefficient (Wildman–Crippen LogP) is 15.1. The first-order chi connectivity index (χ1) is 25.8. The Kier molecular flexibility index (Phi) is 13.1. The molecule has 3 aromatic rings. The molecule has 2 aliphatic heterocycles. The number of hydrogen-bond acceptors (Lipinski definition) is 2. The molecule has 0 radical (unpaired) electrons. The zero-order valence-electron chi connectivity index (χ0n) is 38.5. The summed E-state index contributed by atoms with van der Waals surface area (Å²) in [4.78, 5) is 19.1. The van der Waals surface area contributed by atoms with Crippen LogP contribution in [0.4, 0.5) is 0 Å². The molecule has 0 amide bonds. The van der Waals surface area contributed by atoms with Gasteiger partial charge < -0.3 is 9.97 Å². The van der Waals surface area contributed by atoms with Gasteiger partial charge in [-0.15, -0.1) is 0 Å². The van der Waals surface area contributed by atoms with E-state index in [1.54, 1.807) is 0 Å². The average molecular weight is 759 g/mol. The SMILES string of the molecule is CC(Cc1c2nc(c(CC(C)CC(C)(C)C)c3ccc([nH]3)c(CC(C)CC(C)(C)C)c3ccc([nH]3)c(CC(C)CC(C)(C)C)c3nc1C=C3)C=C2)CC(C)(C)C. The molecule has 0 saturated heterocycles. The molecule has 4 atom stereocenters. The lowest BCUT2D eigenvalue weighted by atomic mass is 9.82. The molecule has 5 rings (SSSR count). The summed E-state index contributed by atoms with van der Waals surface area (Å²) in [5.74, 6) is 2.03. The van der Waals surface area contributed by atoms with E-state index in [0.717, 1.165) is 74.1 Å². The minimum atomic E-state index is 0.249. The second-order valence-corrected chi connectivity index (χ2v) is 23.2. The summed E-state index contributed by atoms with van der Waals surface area (Å²) < 4.78 is 0. The Hall–Kier alpha value is -3.40. The number of nitrogens with one attached hydrogen (secondary N) is 2. The molecule has 0 aromatic carbocycles. The van der Waals surface area contributed by atoms with E-state index in [1.165, 1.54) is 44.3 Å². The van der Waals surface area contributed by atoms with Crippen molar-refractivity contribution in [2.45, 2.75) is 162 Å². The Bertz CT molecular complexity index is 1930. The van der Waals surface area contributed by atoms with Gasteiger partial charge in [0.25, 0.3) is 0 Å². The maximum atomic E-state index is 5.54. The van der Waals surface area contributed by atoms with Crippen LogP contribution in [0, 0.1) is 45.3 Å². The van der Waals surface area contributed by atoms with Gasteiger partial charge >= 0.3 is 0 Å². The number of aromatic nitrogens is 4. The van der Waals surface area contributed by atoms with Gasteiger partial charge in [0.1, 0.15) is 0 Å². The normalized spacial score (nSPS) is 16.0. The van der Waals surface area contributed by atoms with Gasteiger partial charge in [-0.25, -0.2) is 9.97 Å². The van der Waals surface area contributed by atoms with Crippen LogP contribution >= 0.6 is 0 Å². The quantitative estimate of drug-likeness (QED) is 0.133. The fourth-order valence-corrected chi connectivity index (χ4v) is 10.2. The zero-order valence-corrected chi connectivity index (χ0v) is 38.5. The second-order valence-electron chi connectivity index (χ2n) is 23.2. The Morgan fingerprint density at radius 2 is 0.607 bits per heavy atom. The van der Waals surface area contributed by atoms with Crippen molar-refractivity contribution in [1.29, 1.82) is 0 Å². The Labute approximate surface area is 341 Å². The molecule has 2 aliphatic rings. The molecule has 5 heterocycles. The van der Waals surface area contributed by atoms with E-state index in [9.17, 15) is 0 Å². The van der Waals surface area contributed by atoms with Crippen LogP contribution in [0.2, 0.25) is 0 Å². The molecule has 0 saturated carbocycles. The highest BCUT2D eigenvalue weighted by molar-refractivity contribution is 5.83. The van der Waals surface area contributed by atoms with Crippen LogP contribution in [-0.2, 0) is 25.7 Å². The van der Waals surface area contributed by atoms with E-state index in [-0.39, 0.29) is 21.7 Å². The van der Waals surface area contributed by atoms with Crippen LogP contribution in [0.15, 0.2) is 24.3 Å². The van der Waals surface area contributed by atoms with Gasteiger partial charge in [0.2, 0.25) is 0 Å². The van der Waals surface area contributed by atoms with Crippen LogP contribution in [0.3, 0.4) is 0 Å². The molecule has 306 valence electrons. The van der Waals surface area contributed by atoms with Gasteiger partial charge in [-0.2, -0.15) is 0 Å². The van der Waals surface area contributed by atoms with Crippen molar-refractivity contribution in [1.82, 2.24) is 19.9 Å². The van der Waals surface area contributed by atoms with Crippen molar-refractivity contribution in [3.8, 4) is 0 Å². The first kappa shape index (κ1) is 43.7. The summed E-state index contributed by atoms with van der Waals surface area (Å²) in [5, 5.41) is 0. The number of H-pyrrole nitrogens is 2. The van der Waals surface area contributed by atoms with Crippen molar-refractivity contribution in [2.24, 2.45) is 45.3 Å². The lowest BCUT2D eigenvalue weighted by Gasteiger charge is -2.24. The largest absolute Gasteiger partial charge is 0.355 e. The first-order valence-electron chi connectivity index (χ1n) is 21.9. The monoisotopic (exact) mass is 759 g/mol. The van der Waals surface area contributed by atoms with Crippen LogP contribution in [0.5, 0.6) is 0 Å². The summed E-state index contributed by atoms with van der Waals surface area (Å²) in [7, 11) is 0. The Morgan fingerprint density at radius 1 is 0.375 bits per heavy atom. The van der Waals surface area contributed by atoms with E-state index in [4.69, 9.17) is 9.97 Å². The fraction of sp³-hybridized carbons (Fsp3) is 0.615. The van der Waals surface area contributed by atoms with Gasteiger partial charge in [-0.1, -0.05) is 111 Å². The Morgan fingerprint density at radius 3 is 0.893 bits per heavy atom. The minimum absolute atomic E-state index is 0.249. The molecule has 56 heavy (non-hydrogen) atoms. The van der Waals surface area contributed by atoms with Crippen LogP contribution in [0.25, 0.3) is 46.4 Å². The maximum absolute atomic E-state index is 5.54. The van der Waals surface area contributed by atoms with Crippen molar-refractivity contribution in [2.75, 3.05) is 0 Å². The molecule has 3 aromatic heterocycles. The predicted molar refractivity (Wildman–Crippen MR) is 247 cm³/mol. The molecule has 4 unspecified atom stereocenters. The second kappa shape index (κ2) is 16.8. The van der Waals surface area contributed by atoms with Crippen molar-refractivity contribution in [3.63, 3.8) is 0 Å². The zero-order chi connectivity index (χ0) is 41.4. The van der Waals surface area contributed by atoms with Gasteiger partial charge in [0, 0.05) is 38.8 Å².